The molecule has 2 aliphatic heterocycles. The number of anilines is 3. The Bertz CT molecular complexity index is 876. The van der Waals surface area contributed by atoms with Gasteiger partial charge in [0.2, 0.25) is 0 Å². The number of rotatable bonds is 4. The van der Waals surface area contributed by atoms with Crippen molar-refractivity contribution in [3.8, 4) is 17.3 Å². The number of aromatic nitrogens is 3. The Labute approximate surface area is 171 Å². The Morgan fingerprint density at radius 1 is 1.34 bits per heavy atom. The van der Waals surface area contributed by atoms with Crippen molar-refractivity contribution in [1.82, 2.24) is 19.7 Å². The minimum atomic E-state index is -0.190. The third kappa shape index (κ3) is 3.54. The molecule has 0 spiro atoms. The van der Waals surface area contributed by atoms with E-state index >= 15 is 0 Å². The van der Waals surface area contributed by atoms with E-state index in [1.807, 2.05) is 24.6 Å². The SMILES string of the molecule is CC.CC1CCN(C2(CC#N)COC2)CC1n1nc(N)c(N)c1-c1cc[nH]c1N. The number of hydrogen-bond acceptors (Lipinski definition) is 7. The number of aromatic amines is 1. The summed E-state index contributed by atoms with van der Waals surface area (Å²) < 4.78 is 7.39. The van der Waals surface area contributed by atoms with E-state index in [9.17, 15) is 5.26 Å². The van der Waals surface area contributed by atoms with Crippen LogP contribution in [0.5, 0.6) is 0 Å². The van der Waals surface area contributed by atoms with Crippen LogP contribution < -0.4 is 17.2 Å². The third-order valence-electron chi connectivity index (χ3n) is 6.06. The van der Waals surface area contributed by atoms with Gasteiger partial charge in [-0.2, -0.15) is 10.4 Å². The fraction of sp³-hybridized carbons (Fsp3) is 0.600. The third-order valence-corrected chi connectivity index (χ3v) is 6.06. The van der Waals surface area contributed by atoms with Crippen molar-refractivity contribution in [2.24, 2.45) is 5.92 Å². The Balaban J connectivity index is 0.00000117. The minimum absolute atomic E-state index is 0.0822. The molecule has 4 heterocycles. The Morgan fingerprint density at radius 2 is 2.07 bits per heavy atom. The summed E-state index contributed by atoms with van der Waals surface area (Å²) in [5.41, 5.74) is 20.2. The first-order valence-corrected chi connectivity index (χ1v) is 10.2. The van der Waals surface area contributed by atoms with Gasteiger partial charge in [-0.1, -0.05) is 20.8 Å². The monoisotopic (exact) mass is 400 g/mol. The maximum absolute atomic E-state index is 9.27. The Kier molecular flexibility index (Phi) is 6.05. The lowest BCUT2D eigenvalue weighted by Crippen LogP contribution is -2.64. The number of nitrogens with one attached hydrogen (secondary N) is 1. The predicted octanol–water partition coefficient (Wildman–Crippen LogP) is 2.22. The van der Waals surface area contributed by atoms with E-state index < -0.39 is 0 Å². The Morgan fingerprint density at radius 3 is 2.62 bits per heavy atom. The zero-order chi connectivity index (χ0) is 21.2. The molecule has 158 valence electrons. The quantitative estimate of drug-likeness (QED) is 0.615. The summed E-state index contributed by atoms with van der Waals surface area (Å²) in [6, 6.07) is 4.30. The van der Waals surface area contributed by atoms with Crippen LogP contribution in [-0.4, -0.2) is 51.5 Å². The second kappa shape index (κ2) is 8.35. The van der Waals surface area contributed by atoms with Crippen LogP contribution >= 0.6 is 0 Å². The summed E-state index contributed by atoms with van der Waals surface area (Å²) in [6.45, 7) is 9.13. The van der Waals surface area contributed by atoms with E-state index in [1.54, 1.807) is 6.20 Å². The molecule has 9 heteroatoms. The fourth-order valence-corrected chi connectivity index (χ4v) is 4.24. The molecule has 29 heavy (non-hydrogen) atoms. The smallest absolute Gasteiger partial charge is 0.169 e. The molecule has 0 amide bonds. The zero-order valence-electron chi connectivity index (χ0n) is 17.5. The van der Waals surface area contributed by atoms with Crippen LogP contribution in [0.1, 0.15) is 39.7 Å². The first-order chi connectivity index (χ1) is 14.0. The maximum atomic E-state index is 9.27. The van der Waals surface area contributed by atoms with E-state index in [-0.39, 0.29) is 11.6 Å². The number of nitrogen functional groups attached to an aromatic ring is 3. The molecule has 0 aromatic carbocycles. The lowest BCUT2D eigenvalue weighted by Gasteiger charge is -2.52. The van der Waals surface area contributed by atoms with Crippen molar-refractivity contribution in [2.45, 2.75) is 45.2 Å². The number of H-pyrrole nitrogens is 1. The number of piperidine rings is 1. The molecule has 9 nitrogen and oxygen atoms in total. The first kappa shape index (κ1) is 21.0. The molecule has 2 unspecified atom stereocenters. The van der Waals surface area contributed by atoms with Crippen LogP contribution in [0, 0.1) is 17.2 Å². The van der Waals surface area contributed by atoms with Gasteiger partial charge >= 0.3 is 0 Å². The predicted molar refractivity (Wildman–Crippen MR) is 115 cm³/mol. The molecule has 2 aromatic heterocycles. The standard InChI is InChI=1S/C18H26N8O.C2H6/c1-11-3-7-25(18(4-5-19)9-27-10-18)8-13(11)26-15(14(20)17(22)24-26)12-2-6-23-16(12)21;1-2/h2,6,11,13,23H,3-4,7-10,20-21H2,1H3,(H2,22,24);1-2H3. The second-order valence-corrected chi connectivity index (χ2v) is 7.73. The largest absolute Gasteiger partial charge is 0.394 e. The average molecular weight is 401 g/mol. The van der Waals surface area contributed by atoms with Gasteiger partial charge in [-0.05, 0) is 24.9 Å². The minimum Gasteiger partial charge on any atom is -0.394 e. The van der Waals surface area contributed by atoms with Gasteiger partial charge in [-0.25, -0.2) is 0 Å². The number of nitrogens with zero attached hydrogens (tertiary/aromatic N) is 4. The van der Waals surface area contributed by atoms with Crippen molar-refractivity contribution in [2.75, 3.05) is 43.5 Å². The van der Waals surface area contributed by atoms with Crippen molar-refractivity contribution in [1.29, 1.82) is 5.26 Å². The van der Waals surface area contributed by atoms with Gasteiger partial charge in [-0.3, -0.25) is 9.58 Å². The van der Waals surface area contributed by atoms with E-state index in [4.69, 9.17) is 21.9 Å². The van der Waals surface area contributed by atoms with E-state index in [2.05, 4.69) is 28.0 Å². The van der Waals surface area contributed by atoms with Gasteiger partial charge in [0.25, 0.3) is 0 Å². The zero-order valence-corrected chi connectivity index (χ0v) is 17.5. The Hall–Kier alpha value is -2.70. The van der Waals surface area contributed by atoms with Crippen LogP contribution in [0.4, 0.5) is 17.3 Å². The number of ether oxygens (including phenoxy) is 1. The van der Waals surface area contributed by atoms with Gasteiger partial charge in [0, 0.05) is 18.3 Å². The van der Waals surface area contributed by atoms with Crippen LogP contribution in [0.2, 0.25) is 0 Å². The topological polar surface area (TPSA) is 148 Å². The molecule has 2 atom stereocenters. The van der Waals surface area contributed by atoms with E-state index in [0.717, 1.165) is 30.8 Å². The van der Waals surface area contributed by atoms with E-state index in [0.29, 0.717) is 42.9 Å². The van der Waals surface area contributed by atoms with Gasteiger partial charge < -0.3 is 26.9 Å². The molecule has 0 saturated carbocycles. The summed E-state index contributed by atoms with van der Waals surface area (Å²) >= 11 is 0. The van der Waals surface area contributed by atoms with Gasteiger partial charge in [0.1, 0.15) is 11.5 Å². The highest BCUT2D eigenvalue weighted by Gasteiger charge is 2.47. The lowest BCUT2D eigenvalue weighted by atomic mass is 9.85. The number of nitriles is 1. The fourth-order valence-electron chi connectivity index (χ4n) is 4.24. The number of likely N-dealkylation sites (tertiary alicyclic amines) is 1. The van der Waals surface area contributed by atoms with Gasteiger partial charge in [-0.15, -0.1) is 0 Å². The van der Waals surface area contributed by atoms with Crippen LogP contribution in [0.25, 0.3) is 11.3 Å². The summed E-state index contributed by atoms with van der Waals surface area (Å²) in [6.07, 6.45) is 3.25. The van der Waals surface area contributed by atoms with Gasteiger partial charge in [0.05, 0.1) is 43.0 Å². The van der Waals surface area contributed by atoms with Crippen molar-refractivity contribution in [3.05, 3.63) is 12.3 Å². The van der Waals surface area contributed by atoms with E-state index in [1.165, 1.54) is 0 Å². The molecule has 0 radical (unpaired) electrons. The molecule has 2 fully saturated rings. The molecular formula is C20H32N8O. The molecule has 0 bridgehead atoms. The van der Waals surface area contributed by atoms with Crippen molar-refractivity contribution in [3.63, 3.8) is 0 Å². The molecule has 2 saturated heterocycles. The number of nitrogens with two attached hydrogens (primary N) is 3. The first-order valence-electron chi connectivity index (χ1n) is 10.2. The number of hydrogen-bond donors (Lipinski definition) is 4. The highest BCUT2D eigenvalue weighted by molar-refractivity contribution is 5.85. The summed E-state index contributed by atoms with van der Waals surface area (Å²) in [5.74, 6) is 1.24. The van der Waals surface area contributed by atoms with Crippen LogP contribution in [0.3, 0.4) is 0 Å². The molecule has 4 rings (SSSR count). The highest BCUT2D eigenvalue weighted by Crippen LogP contribution is 2.41. The molecule has 2 aliphatic rings. The summed E-state index contributed by atoms with van der Waals surface area (Å²) in [5, 5.41) is 13.8. The summed E-state index contributed by atoms with van der Waals surface area (Å²) in [7, 11) is 0. The summed E-state index contributed by atoms with van der Waals surface area (Å²) in [4.78, 5) is 5.37. The normalized spacial score (nSPS) is 23.5. The van der Waals surface area contributed by atoms with Crippen molar-refractivity contribution >= 4 is 17.3 Å². The molecule has 2 aromatic rings. The maximum Gasteiger partial charge on any atom is 0.169 e. The molecular weight excluding hydrogens is 368 g/mol. The lowest BCUT2D eigenvalue weighted by molar-refractivity contribution is -0.150. The highest BCUT2D eigenvalue weighted by atomic mass is 16.5. The van der Waals surface area contributed by atoms with Crippen molar-refractivity contribution < 1.29 is 4.74 Å². The van der Waals surface area contributed by atoms with Crippen LogP contribution in [-0.2, 0) is 4.74 Å². The molecule has 7 N–H and O–H groups in total. The second-order valence-electron chi connectivity index (χ2n) is 7.73. The average Bonchev–Trinajstić information content (AvgIpc) is 3.23. The molecule has 0 aliphatic carbocycles. The van der Waals surface area contributed by atoms with Crippen LogP contribution in [0.15, 0.2) is 12.3 Å². The van der Waals surface area contributed by atoms with Gasteiger partial charge in [0.15, 0.2) is 5.82 Å².